The number of benzene rings is 1. The quantitative estimate of drug-likeness (QED) is 0.904. The van der Waals surface area contributed by atoms with Gasteiger partial charge < -0.3 is 5.32 Å². The Balaban J connectivity index is 1.99. The summed E-state index contributed by atoms with van der Waals surface area (Å²) in [7, 11) is -3.89. The molecule has 2 unspecified atom stereocenters. The van der Waals surface area contributed by atoms with Gasteiger partial charge in [-0.1, -0.05) is 6.07 Å². The lowest BCUT2D eigenvalue weighted by atomic mass is 10.2. The van der Waals surface area contributed by atoms with E-state index in [1.165, 1.54) is 10.4 Å². The van der Waals surface area contributed by atoms with Crippen LogP contribution in [0.25, 0.3) is 0 Å². The average molecular weight is 320 g/mol. The summed E-state index contributed by atoms with van der Waals surface area (Å²) in [6, 6.07) is 3.64. The molecule has 116 valence electrons. The van der Waals surface area contributed by atoms with E-state index in [1.807, 2.05) is 0 Å². The monoisotopic (exact) mass is 320 g/mol. The van der Waals surface area contributed by atoms with Crippen LogP contribution in [0, 0.1) is 0 Å². The van der Waals surface area contributed by atoms with Crippen molar-refractivity contribution >= 4 is 10.0 Å². The molecule has 0 aromatic heterocycles. The molecule has 1 aromatic rings. The minimum absolute atomic E-state index is 0.164. The molecule has 2 saturated heterocycles. The van der Waals surface area contributed by atoms with Crippen molar-refractivity contribution in [2.24, 2.45) is 0 Å². The largest absolute Gasteiger partial charge is 0.416 e. The number of hydrogen-bond donors (Lipinski definition) is 1. The third kappa shape index (κ3) is 2.56. The van der Waals surface area contributed by atoms with E-state index in [2.05, 4.69) is 5.32 Å². The van der Waals surface area contributed by atoms with Crippen LogP contribution in [0.5, 0.6) is 0 Å². The second-order valence-corrected chi connectivity index (χ2v) is 7.25. The fourth-order valence-electron chi connectivity index (χ4n) is 3.09. The Bertz CT molecular complexity index is 629. The van der Waals surface area contributed by atoms with Crippen molar-refractivity contribution in [2.75, 3.05) is 13.1 Å². The highest BCUT2D eigenvalue weighted by molar-refractivity contribution is 7.89. The number of fused-ring (bicyclic) bond motifs is 2. The first kappa shape index (κ1) is 14.8. The fraction of sp³-hybridized carbons (Fsp3) is 0.538. The van der Waals surface area contributed by atoms with Gasteiger partial charge in [-0.15, -0.1) is 0 Å². The van der Waals surface area contributed by atoms with Crippen LogP contribution in [-0.4, -0.2) is 37.9 Å². The third-order valence-electron chi connectivity index (χ3n) is 4.05. The van der Waals surface area contributed by atoms with Crippen LogP contribution in [0.2, 0.25) is 0 Å². The lowest BCUT2D eigenvalue weighted by Crippen LogP contribution is -2.53. The maximum atomic E-state index is 12.7. The summed E-state index contributed by atoms with van der Waals surface area (Å²) in [5, 5.41) is 3.15. The molecule has 2 aliphatic rings. The predicted molar refractivity (Wildman–Crippen MR) is 70.1 cm³/mol. The molecule has 4 nitrogen and oxygen atoms in total. The molecular weight excluding hydrogens is 305 g/mol. The van der Waals surface area contributed by atoms with Gasteiger partial charge in [-0.05, 0) is 31.0 Å². The summed E-state index contributed by atoms with van der Waals surface area (Å²) in [5.74, 6) is 0. The van der Waals surface area contributed by atoms with E-state index in [4.69, 9.17) is 0 Å². The number of alkyl halides is 3. The first-order valence-electron chi connectivity index (χ1n) is 6.71. The van der Waals surface area contributed by atoms with Crippen LogP contribution < -0.4 is 5.32 Å². The highest BCUT2D eigenvalue weighted by Crippen LogP contribution is 2.35. The molecule has 21 heavy (non-hydrogen) atoms. The van der Waals surface area contributed by atoms with E-state index in [0.29, 0.717) is 13.1 Å². The maximum Gasteiger partial charge on any atom is 0.416 e. The summed E-state index contributed by atoms with van der Waals surface area (Å²) in [4.78, 5) is -0.281. The van der Waals surface area contributed by atoms with Crippen LogP contribution in [0.1, 0.15) is 18.4 Å². The van der Waals surface area contributed by atoms with Crippen LogP contribution in [0.4, 0.5) is 13.2 Å². The Morgan fingerprint density at radius 1 is 1.14 bits per heavy atom. The van der Waals surface area contributed by atoms with Crippen molar-refractivity contribution < 1.29 is 21.6 Å². The SMILES string of the molecule is O=S(=O)(c1cccc(C(F)(F)F)c1)N1C2CCC1CNC2. The molecule has 1 N–H and O–H groups in total. The maximum absolute atomic E-state index is 12.7. The second-order valence-electron chi connectivity index (χ2n) is 5.40. The number of hydrogen-bond acceptors (Lipinski definition) is 3. The average Bonchev–Trinajstić information content (AvgIpc) is 2.69. The topological polar surface area (TPSA) is 49.4 Å². The Hall–Kier alpha value is -1.12. The molecule has 2 fully saturated rings. The van der Waals surface area contributed by atoms with E-state index in [1.54, 1.807) is 0 Å². The van der Waals surface area contributed by atoms with E-state index < -0.39 is 21.8 Å². The summed E-state index contributed by atoms with van der Waals surface area (Å²) >= 11 is 0. The Kier molecular flexibility index (Phi) is 3.50. The van der Waals surface area contributed by atoms with Crippen LogP contribution in [0.3, 0.4) is 0 Å². The third-order valence-corrected chi connectivity index (χ3v) is 6.05. The number of nitrogens with one attached hydrogen (secondary N) is 1. The van der Waals surface area contributed by atoms with Gasteiger partial charge in [-0.3, -0.25) is 0 Å². The Morgan fingerprint density at radius 2 is 1.76 bits per heavy atom. The molecule has 1 aromatic carbocycles. The van der Waals surface area contributed by atoms with Crippen molar-refractivity contribution in [3.05, 3.63) is 29.8 Å². The summed E-state index contributed by atoms with van der Waals surface area (Å²) in [5.41, 5.74) is -0.939. The van der Waals surface area contributed by atoms with Crippen molar-refractivity contribution in [2.45, 2.75) is 36.0 Å². The lowest BCUT2D eigenvalue weighted by Gasteiger charge is -2.34. The molecule has 0 saturated carbocycles. The highest BCUT2D eigenvalue weighted by Gasteiger charge is 2.44. The van der Waals surface area contributed by atoms with Crippen LogP contribution in [-0.2, 0) is 16.2 Å². The van der Waals surface area contributed by atoms with E-state index in [9.17, 15) is 21.6 Å². The first-order chi connectivity index (χ1) is 9.80. The highest BCUT2D eigenvalue weighted by atomic mass is 32.2. The van der Waals surface area contributed by atoms with E-state index >= 15 is 0 Å². The molecule has 2 atom stereocenters. The van der Waals surface area contributed by atoms with E-state index in [0.717, 1.165) is 31.0 Å². The van der Waals surface area contributed by atoms with Gasteiger partial charge >= 0.3 is 6.18 Å². The minimum atomic E-state index is -4.55. The molecule has 2 aliphatic heterocycles. The number of piperazine rings is 1. The second kappa shape index (κ2) is 4.96. The Morgan fingerprint density at radius 3 is 2.33 bits per heavy atom. The van der Waals surface area contributed by atoms with Gasteiger partial charge in [0.2, 0.25) is 10.0 Å². The first-order valence-corrected chi connectivity index (χ1v) is 8.15. The molecule has 2 heterocycles. The van der Waals surface area contributed by atoms with Crippen molar-refractivity contribution in [1.82, 2.24) is 9.62 Å². The molecule has 0 aliphatic carbocycles. The molecule has 0 radical (unpaired) electrons. The minimum Gasteiger partial charge on any atom is -0.314 e. The standard InChI is InChI=1S/C13H15F3N2O2S/c14-13(15,16)9-2-1-3-12(6-9)21(19,20)18-10-4-5-11(18)8-17-7-10/h1-3,6,10-11,17H,4-5,7-8H2. The van der Waals surface area contributed by atoms with Crippen LogP contribution in [0.15, 0.2) is 29.2 Å². The summed E-state index contributed by atoms with van der Waals surface area (Å²) in [6.45, 7) is 1.10. The van der Waals surface area contributed by atoms with Crippen LogP contribution >= 0.6 is 0 Å². The molecule has 0 spiro atoms. The van der Waals surface area contributed by atoms with Crippen molar-refractivity contribution in [3.63, 3.8) is 0 Å². The van der Waals surface area contributed by atoms with E-state index in [-0.39, 0.29) is 17.0 Å². The van der Waals surface area contributed by atoms with Crippen molar-refractivity contribution in [1.29, 1.82) is 0 Å². The number of nitrogens with zero attached hydrogens (tertiary/aromatic N) is 1. The zero-order valence-corrected chi connectivity index (χ0v) is 11.9. The van der Waals surface area contributed by atoms with Gasteiger partial charge in [0.15, 0.2) is 0 Å². The zero-order valence-electron chi connectivity index (χ0n) is 11.1. The number of halogens is 3. The predicted octanol–water partition coefficient (Wildman–Crippen LogP) is 1.83. The lowest BCUT2D eigenvalue weighted by molar-refractivity contribution is -0.137. The van der Waals surface area contributed by atoms with Gasteiger partial charge in [0.05, 0.1) is 10.5 Å². The molecule has 2 bridgehead atoms. The van der Waals surface area contributed by atoms with Gasteiger partial charge in [0.25, 0.3) is 0 Å². The molecule has 0 amide bonds. The molecule has 3 rings (SSSR count). The normalized spacial score (nSPS) is 27.0. The summed E-state index contributed by atoms with van der Waals surface area (Å²) < 4.78 is 64.9. The summed E-state index contributed by atoms with van der Waals surface area (Å²) in [6.07, 6.45) is -3.06. The number of rotatable bonds is 2. The fourth-order valence-corrected chi connectivity index (χ4v) is 5.00. The Labute approximate surface area is 121 Å². The number of sulfonamides is 1. The van der Waals surface area contributed by atoms with Gasteiger partial charge in [0, 0.05) is 25.2 Å². The zero-order chi connectivity index (χ0) is 15.3. The van der Waals surface area contributed by atoms with Crippen molar-refractivity contribution in [3.8, 4) is 0 Å². The smallest absolute Gasteiger partial charge is 0.314 e. The molecule has 8 heteroatoms. The van der Waals surface area contributed by atoms with Gasteiger partial charge in [0.1, 0.15) is 0 Å². The van der Waals surface area contributed by atoms with Gasteiger partial charge in [-0.2, -0.15) is 17.5 Å². The molecular formula is C13H15F3N2O2S. The van der Waals surface area contributed by atoms with Gasteiger partial charge in [-0.25, -0.2) is 8.42 Å².